The Morgan fingerprint density at radius 1 is 0.857 bits per heavy atom. The molecule has 1 aliphatic heterocycles. The average molecular weight is 439 g/mol. The third kappa shape index (κ3) is 8.27. The Kier molecular flexibility index (Phi) is 10.7. The van der Waals surface area contributed by atoms with Crippen LogP contribution in [0.4, 0.5) is 0 Å². The zero-order chi connectivity index (χ0) is 21.3. The van der Waals surface area contributed by atoms with Crippen molar-refractivity contribution in [1.82, 2.24) is 0 Å². The topological polar surface area (TPSA) is 114 Å². The van der Waals surface area contributed by atoms with Crippen molar-refractivity contribution in [2.75, 3.05) is 18.1 Å². The molecule has 0 aromatic heterocycles. The van der Waals surface area contributed by atoms with E-state index >= 15 is 0 Å². The first kappa shape index (κ1) is 24.6. The minimum absolute atomic E-state index is 0.221. The van der Waals surface area contributed by atoms with Crippen molar-refractivity contribution in [3.63, 3.8) is 0 Å². The minimum atomic E-state index is -1.12. The van der Waals surface area contributed by atoms with Crippen LogP contribution in [0.1, 0.15) is 34.1 Å². The molecule has 11 heteroatoms. The molecule has 0 bridgehead atoms. The highest BCUT2D eigenvalue weighted by Crippen LogP contribution is 2.34. The van der Waals surface area contributed by atoms with Crippen LogP contribution >= 0.6 is 24.4 Å². The maximum Gasteiger partial charge on any atom is 0.303 e. The number of ether oxygens (including phenoxy) is 5. The van der Waals surface area contributed by atoms with E-state index in [1.807, 2.05) is 0 Å². The van der Waals surface area contributed by atoms with Gasteiger partial charge in [-0.05, 0) is 17.9 Å². The number of carbonyl (C=O) groups excluding carboxylic acids is 4. The molecule has 1 aliphatic rings. The number of carbonyl (C=O) groups is 4. The lowest BCUT2D eigenvalue weighted by Gasteiger charge is -2.44. The van der Waals surface area contributed by atoms with E-state index in [2.05, 4.69) is 12.6 Å². The van der Waals surface area contributed by atoms with Gasteiger partial charge in [0.15, 0.2) is 18.3 Å². The Morgan fingerprint density at radius 3 is 1.89 bits per heavy atom. The van der Waals surface area contributed by atoms with E-state index in [4.69, 9.17) is 23.7 Å². The molecule has 0 unspecified atom stereocenters. The molecule has 0 aliphatic carbocycles. The molecule has 1 rings (SSSR count). The SMILES string of the molecule is CC(=O)OC[C@H]1O[C@@H](SCCCS)[C@H](OC(C)=O)[C@@H](OC(C)=O)[C@@H]1OC(C)=O. The molecule has 0 aromatic rings. The molecule has 9 nitrogen and oxygen atoms in total. The van der Waals surface area contributed by atoms with Crippen LogP contribution < -0.4 is 0 Å². The Morgan fingerprint density at radius 2 is 1.39 bits per heavy atom. The van der Waals surface area contributed by atoms with E-state index in [1.165, 1.54) is 39.5 Å². The monoisotopic (exact) mass is 438 g/mol. The van der Waals surface area contributed by atoms with Gasteiger partial charge < -0.3 is 23.7 Å². The fraction of sp³-hybridized carbons (Fsp3) is 0.765. The Labute approximate surface area is 173 Å². The average Bonchev–Trinajstić information content (AvgIpc) is 2.57. The molecule has 160 valence electrons. The summed E-state index contributed by atoms with van der Waals surface area (Å²) in [5.74, 6) is -1.16. The molecule has 1 saturated heterocycles. The highest BCUT2D eigenvalue weighted by molar-refractivity contribution is 7.99. The fourth-order valence-corrected chi connectivity index (χ4v) is 4.12. The summed E-state index contributed by atoms with van der Waals surface area (Å²) in [6, 6.07) is 0. The molecular weight excluding hydrogens is 412 g/mol. The van der Waals surface area contributed by atoms with Crippen LogP contribution in [0, 0.1) is 0 Å². The van der Waals surface area contributed by atoms with E-state index in [1.54, 1.807) is 0 Å². The molecular formula is C17H26O9S2. The first-order valence-corrected chi connectivity index (χ1v) is 10.4. The van der Waals surface area contributed by atoms with Gasteiger partial charge in [-0.2, -0.15) is 12.6 Å². The van der Waals surface area contributed by atoms with Crippen molar-refractivity contribution in [3.8, 4) is 0 Å². The van der Waals surface area contributed by atoms with Crippen LogP contribution in [0.25, 0.3) is 0 Å². The van der Waals surface area contributed by atoms with Crippen molar-refractivity contribution in [3.05, 3.63) is 0 Å². The predicted octanol–water partition coefficient (Wildman–Crippen LogP) is 1.12. The second kappa shape index (κ2) is 12.2. The van der Waals surface area contributed by atoms with Gasteiger partial charge >= 0.3 is 23.9 Å². The van der Waals surface area contributed by atoms with Gasteiger partial charge in [0.05, 0.1) is 0 Å². The van der Waals surface area contributed by atoms with Crippen LogP contribution in [0.15, 0.2) is 0 Å². The van der Waals surface area contributed by atoms with E-state index in [0.29, 0.717) is 11.5 Å². The summed E-state index contributed by atoms with van der Waals surface area (Å²) < 4.78 is 26.9. The smallest absolute Gasteiger partial charge is 0.303 e. The van der Waals surface area contributed by atoms with Crippen molar-refractivity contribution in [1.29, 1.82) is 0 Å². The quantitative estimate of drug-likeness (QED) is 0.243. The maximum absolute atomic E-state index is 11.7. The number of thioether (sulfide) groups is 1. The van der Waals surface area contributed by atoms with Crippen LogP contribution in [-0.2, 0) is 42.9 Å². The molecule has 0 aromatic carbocycles. The summed E-state index contributed by atoms with van der Waals surface area (Å²) in [7, 11) is 0. The molecule has 0 amide bonds. The summed E-state index contributed by atoms with van der Waals surface area (Å²) in [6.07, 6.45) is -3.39. The van der Waals surface area contributed by atoms with Gasteiger partial charge in [0.1, 0.15) is 18.1 Å². The summed E-state index contributed by atoms with van der Waals surface area (Å²) in [5, 5.41) is 0. The fourth-order valence-electron chi connectivity index (χ4n) is 2.59. The Balaban J connectivity index is 3.21. The lowest BCUT2D eigenvalue weighted by atomic mass is 9.99. The standard InChI is InChI=1S/C17H26O9S2/c1-9(18)22-8-13-14(23-10(2)19)15(24-11(3)20)16(25-12(4)21)17(26-13)28-7-5-6-27/h13-17,27H,5-8H2,1-4H3/t13-,14-,15+,16-,17+/m1/s1. The lowest BCUT2D eigenvalue weighted by molar-refractivity contribution is -0.237. The molecule has 0 radical (unpaired) electrons. The normalized spacial score (nSPS) is 26.8. The van der Waals surface area contributed by atoms with E-state index in [-0.39, 0.29) is 6.61 Å². The summed E-state index contributed by atoms with van der Waals surface area (Å²) >= 11 is 5.50. The molecule has 28 heavy (non-hydrogen) atoms. The van der Waals surface area contributed by atoms with Crippen molar-refractivity contribution in [2.24, 2.45) is 0 Å². The Bertz CT molecular complexity index is 569. The predicted molar refractivity (Wildman–Crippen MR) is 103 cm³/mol. The maximum atomic E-state index is 11.7. The third-order valence-electron chi connectivity index (χ3n) is 3.53. The lowest BCUT2D eigenvalue weighted by Crippen LogP contribution is -2.61. The van der Waals surface area contributed by atoms with Crippen LogP contribution in [0.2, 0.25) is 0 Å². The van der Waals surface area contributed by atoms with Crippen molar-refractivity contribution in [2.45, 2.75) is 64.0 Å². The zero-order valence-corrected chi connectivity index (χ0v) is 18.0. The van der Waals surface area contributed by atoms with Crippen LogP contribution in [0.3, 0.4) is 0 Å². The van der Waals surface area contributed by atoms with Gasteiger partial charge in [-0.3, -0.25) is 19.2 Å². The summed E-state index contributed by atoms with van der Waals surface area (Å²) in [6.45, 7) is 4.60. The van der Waals surface area contributed by atoms with E-state index in [9.17, 15) is 19.2 Å². The highest BCUT2D eigenvalue weighted by Gasteiger charge is 2.52. The number of thiol groups is 1. The van der Waals surface area contributed by atoms with Gasteiger partial charge in [0, 0.05) is 27.7 Å². The first-order chi connectivity index (χ1) is 13.1. The number of hydrogen-bond acceptors (Lipinski definition) is 11. The first-order valence-electron chi connectivity index (χ1n) is 8.68. The summed E-state index contributed by atoms with van der Waals surface area (Å²) in [5.41, 5.74) is -0.722. The third-order valence-corrected chi connectivity index (χ3v) is 5.08. The van der Waals surface area contributed by atoms with Crippen molar-refractivity contribution < 1.29 is 42.9 Å². The Hall–Kier alpha value is -1.46. The number of hydrogen-bond donors (Lipinski definition) is 1. The highest BCUT2D eigenvalue weighted by atomic mass is 32.2. The minimum Gasteiger partial charge on any atom is -0.463 e. The molecule has 0 N–H and O–H groups in total. The van der Waals surface area contributed by atoms with Gasteiger partial charge in [0.2, 0.25) is 0 Å². The van der Waals surface area contributed by atoms with Gasteiger partial charge in [-0.25, -0.2) is 0 Å². The molecule has 1 heterocycles. The zero-order valence-electron chi connectivity index (χ0n) is 16.2. The van der Waals surface area contributed by atoms with Gasteiger partial charge in [0.25, 0.3) is 0 Å². The largest absolute Gasteiger partial charge is 0.463 e. The van der Waals surface area contributed by atoms with E-state index in [0.717, 1.165) is 6.42 Å². The van der Waals surface area contributed by atoms with Crippen LogP contribution in [-0.4, -0.2) is 71.8 Å². The summed E-state index contributed by atoms with van der Waals surface area (Å²) in [4.78, 5) is 46.1. The molecule has 5 atom stereocenters. The second-order valence-corrected chi connectivity index (χ2v) is 7.67. The van der Waals surface area contributed by atoms with Gasteiger partial charge in [-0.15, -0.1) is 11.8 Å². The molecule has 0 saturated carbocycles. The second-order valence-electron chi connectivity index (χ2n) is 6.02. The van der Waals surface area contributed by atoms with Crippen molar-refractivity contribution >= 4 is 48.3 Å². The van der Waals surface area contributed by atoms with E-state index < -0.39 is 53.7 Å². The number of rotatable bonds is 9. The molecule has 0 spiro atoms. The molecule has 1 fully saturated rings. The van der Waals surface area contributed by atoms with Gasteiger partial charge in [-0.1, -0.05) is 0 Å². The number of esters is 4. The van der Waals surface area contributed by atoms with Crippen LogP contribution in [0.5, 0.6) is 0 Å².